The third kappa shape index (κ3) is 4.62. The third-order valence-electron chi connectivity index (χ3n) is 5.41. The van der Waals surface area contributed by atoms with Crippen molar-refractivity contribution in [2.75, 3.05) is 10.6 Å². The topological polar surface area (TPSA) is 106 Å². The van der Waals surface area contributed by atoms with Crippen LogP contribution in [0.1, 0.15) is 26.6 Å². The molecule has 0 fully saturated rings. The van der Waals surface area contributed by atoms with E-state index in [4.69, 9.17) is 16.0 Å². The second-order valence-electron chi connectivity index (χ2n) is 8.03. The molecule has 5 rings (SSSR count). The van der Waals surface area contributed by atoms with Gasteiger partial charge in [-0.25, -0.2) is 4.68 Å². The Balaban J connectivity index is 1.51. The molecule has 0 radical (unpaired) electrons. The Morgan fingerprint density at radius 1 is 0.917 bits per heavy atom. The smallest absolute Gasteiger partial charge is 0.293 e. The largest absolute Gasteiger partial charge is 0.449 e. The molecule has 0 saturated heterocycles. The van der Waals surface area contributed by atoms with Crippen LogP contribution in [0.2, 0.25) is 5.02 Å². The van der Waals surface area contributed by atoms with E-state index in [1.165, 1.54) is 16.9 Å². The Labute approximate surface area is 210 Å². The summed E-state index contributed by atoms with van der Waals surface area (Å²) in [6.07, 6.45) is 1.44. The van der Waals surface area contributed by atoms with Crippen LogP contribution in [-0.2, 0) is 0 Å². The SMILES string of the molecule is Cc1cccc(NC(=O)c2oc3ccccc3c2NC(=O)c2nn(-c3cccc(Cl)c3)ccc2=O)c1. The summed E-state index contributed by atoms with van der Waals surface area (Å²) in [6, 6.07) is 22.2. The molecule has 0 aliphatic heterocycles. The lowest BCUT2D eigenvalue weighted by atomic mass is 10.2. The summed E-state index contributed by atoms with van der Waals surface area (Å²) in [7, 11) is 0. The number of carbonyl (C=O) groups excluding carboxylic acids is 2. The zero-order valence-electron chi connectivity index (χ0n) is 19.0. The van der Waals surface area contributed by atoms with Crippen LogP contribution in [0.25, 0.3) is 16.7 Å². The third-order valence-corrected chi connectivity index (χ3v) is 5.65. The molecule has 0 spiro atoms. The number of benzene rings is 3. The molecule has 0 unspecified atom stereocenters. The molecule has 8 nitrogen and oxygen atoms in total. The molecule has 2 aromatic heterocycles. The highest BCUT2D eigenvalue weighted by Crippen LogP contribution is 2.32. The van der Waals surface area contributed by atoms with Crippen molar-refractivity contribution >= 4 is 45.8 Å². The van der Waals surface area contributed by atoms with Gasteiger partial charge in [-0.05, 0) is 55.0 Å². The van der Waals surface area contributed by atoms with Crippen molar-refractivity contribution in [3.8, 4) is 5.69 Å². The average molecular weight is 499 g/mol. The maximum atomic E-state index is 13.2. The number of aromatic nitrogens is 2. The highest BCUT2D eigenvalue weighted by molar-refractivity contribution is 6.30. The summed E-state index contributed by atoms with van der Waals surface area (Å²) in [6.45, 7) is 1.91. The van der Waals surface area contributed by atoms with Crippen molar-refractivity contribution in [2.45, 2.75) is 6.92 Å². The molecule has 0 aliphatic carbocycles. The number of carbonyl (C=O) groups is 2. The molecule has 0 aliphatic rings. The minimum Gasteiger partial charge on any atom is -0.449 e. The van der Waals surface area contributed by atoms with Gasteiger partial charge in [0.25, 0.3) is 11.8 Å². The maximum absolute atomic E-state index is 13.2. The number of nitrogens with zero attached hydrogens (tertiary/aromatic N) is 2. The zero-order valence-corrected chi connectivity index (χ0v) is 19.7. The van der Waals surface area contributed by atoms with Crippen LogP contribution in [0, 0.1) is 6.92 Å². The number of hydrogen-bond donors (Lipinski definition) is 2. The van der Waals surface area contributed by atoms with Gasteiger partial charge in [0.05, 0.1) is 5.69 Å². The number of halogens is 1. The fourth-order valence-corrected chi connectivity index (χ4v) is 3.92. The number of hydrogen-bond acceptors (Lipinski definition) is 5. The van der Waals surface area contributed by atoms with Crippen molar-refractivity contribution in [3.63, 3.8) is 0 Å². The summed E-state index contributed by atoms with van der Waals surface area (Å²) >= 11 is 6.06. The van der Waals surface area contributed by atoms with E-state index in [2.05, 4.69) is 15.7 Å². The van der Waals surface area contributed by atoms with Crippen molar-refractivity contribution in [3.05, 3.63) is 117 Å². The Bertz CT molecular complexity index is 1690. The summed E-state index contributed by atoms with van der Waals surface area (Å²) in [5.41, 5.74) is 1.73. The average Bonchev–Trinajstić information content (AvgIpc) is 3.23. The summed E-state index contributed by atoms with van der Waals surface area (Å²) in [5, 5.41) is 10.6. The van der Waals surface area contributed by atoms with Gasteiger partial charge in [-0.15, -0.1) is 0 Å². The van der Waals surface area contributed by atoms with E-state index < -0.39 is 17.2 Å². The Morgan fingerprint density at radius 2 is 1.72 bits per heavy atom. The molecule has 178 valence electrons. The minimum atomic E-state index is -0.785. The Hall–Kier alpha value is -4.69. The van der Waals surface area contributed by atoms with Crippen molar-refractivity contribution in [1.29, 1.82) is 0 Å². The first-order chi connectivity index (χ1) is 17.4. The van der Waals surface area contributed by atoms with Crippen molar-refractivity contribution < 1.29 is 14.0 Å². The van der Waals surface area contributed by atoms with E-state index in [-0.39, 0.29) is 17.1 Å². The number of nitrogens with one attached hydrogen (secondary N) is 2. The molecule has 2 heterocycles. The highest BCUT2D eigenvalue weighted by atomic mass is 35.5. The van der Waals surface area contributed by atoms with E-state index >= 15 is 0 Å². The van der Waals surface area contributed by atoms with Gasteiger partial charge in [-0.1, -0.05) is 41.9 Å². The summed E-state index contributed by atoms with van der Waals surface area (Å²) < 4.78 is 7.17. The lowest BCUT2D eigenvalue weighted by molar-refractivity contribution is 0.0999. The molecule has 3 aromatic carbocycles. The van der Waals surface area contributed by atoms with Crippen LogP contribution in [0.15, 0.2) is 94.3 Å². The molecule has 0 bridgehead atoms. The molecule has 9 heteroatoms. The number of aryl methyl sites for hydroxylation is 1. The van der Waals surface area contributed by atoms with Crippen LogP contribution < -0.4 is 16.1 Å². The predicted molar refractivity (Wildman–Crippen MR) is 138 cm³/mol. The second-order valence-corrected chi connectivity index (χ2v) is 8.47. The zero-order chi connectivity index (χ0) is 25.2. The van der Waals surface area contributed by atoms with Crippen LogP contribution in [0.4, 0.5) is 11.4 Å². The van der Waals surface area contributed by atoms with Gasteiger partial charge < -0.3 is 15.1 Å². The van der Waals surface area contributed by atoms with Crippen LogP contribution in [-0.4, -0.2) is 21.6 Å². The fraction of sp³-hybridized carbons (Fsp3) is 0.0370. The Kier molecular flexibility index (Phi) is 6.10. The molecule has 2 amide bonds. The molecule has 2 N–H and O–H groups in total. The van der Waals surface area contributed by atoms with Crippen LogP contribution in [0.3, 0.4) is 0 Å². The first-order valence-corrected chi connectivity index (χ1v) is 11.3. The number of amides is 2. The van der Waals surface area contributed by atoms with E-state index in [0.29, 0.717) is 27.4 Å². The summed E-state index contributed by atoms with van der Waals surface area (Å²) in [5.74, 6) is -1.44. The Morgan fingerprint density at radius 3 is 2.53 bits per heavy atom. The number of anilines is 2. The lowest BCUT2D eigenvalue weighted by Gasteiger charge is -2.09. The van der Waals surface area contributed by atoms with Gasteiger partial charge in [0.2, 0.25) is 11.2 Å². The van der Waals surface area contributed by atoms with Gasteiger partial charge in [0.1, 0.15) is 11.3 Å². The highest BCUT2D eigenvalue weighted by Gasteiger charge is 2.24. The standard InChI is InChI=1S/C27H19ClN4O4/c1-16-6-4-8-18(14-16)29-27(35)25-23(20-10-2-3-11-22(20)36-25)30-26(34)24-21(33)12-13-32(31-24)19-9-5-7-17(28)15-19/h2-15H,1H3,(H,29,35)(H,30,34). The van der Waals surface area contributed by atoms with Gasteiger partial charge in [-0.3, -0.25) is 14.4 Å². The quantitative estimate of drug-likeness (QED) is 0.335. The number of furan rings is 1. The van der Waals surface area contributed by atoms with E-state index in [9.17, 15) is 14.4 Å². The molecule has 0 saturated carbocycles. The van der Waals surface area contributed by atoms with Gasteiger partial charge >= 0.3 is 0 Å². The van der Waals surface area contributed by atoms with Crippen molar-refractivity contribution in [1.82, 2.24) is 9.78 Å². The molecule has 5 aromatic rings. The molecule has 0 atom stereocenters. The van der Waals surface area contributed by atoms with Gasteiger partial charge in [-0.2, -0.15) is 5.10 Å². The number of fused-ring (bicyclic) bond motifs is 1. The second kappa shape index (κ2) is 9.52. The van der Waals surface area contributed by atoms with E-state index in [0.717, 1.165) is 5.56 Å². The first kappa shape index (κ1) is 23.1. The number of para-hydroxylation sites is 1. The predicted octanol–water partition coefficient (Wildman–Crippen LogP) is 5.45. The molecule has 36 heavy (non-hydrogen) atoms. The van der Waals surface area contributed by atoms with Gasteiger partial charge in [0.15, 0.2) is 5.69 Å². The molecular formula is C27H19ClN4O4. The molecular weight excluding hydrogens is 480 g/mol. The maximum Gasteiger partial charge on any atom is 0.293 e. The first-order valence-electron chi connectivity index (χ1n) is 11.0. The summed E-state index contributed by atoms with van der Waals surface area (Å²) in [4.78, 5) is 38.9. The number of rotatable bonds is 5. The lowest BCUT2D eigenvalue weighted by Crippen LogP contribution is -2.26. The monoisotopic (exact) mass is 498 g/mol. The van der Waals surface area contributed by atoms with Gasteiger partial charge in [0, 0.05) is 28.4 Å². The van der Waals surface area contributed by atoms with Crippen LogP contribution >= 0.6 is 11.6 Å². The van der Waals surface area contributed by atoms with E-state index in [1.807, 2.05) is 25.1 Å². The normalized spacial score (nSPS) is 10.8. The van der Waals surface area contributed by atoms with E-state index in [1.54, 1.807) is 54.6 Å². The minimum absolute atomic E-state index is 0.0999. The fourth-order valence-electron chi connectivity index (χ4n) is 3.74. The van der Waals surface area contributed by atoms with Crippen LogP contribution in [0.5, 0.6) is 0 Å². The van der Waals surface area contributed by atoms with Crippen molar-refractivity contribution in [2.24, 2.45) is 0 Å².